The highest BCUT2D eigenvalue weighted by Crippen LogP contribution is 2.64. The minimum absolute atomic E-state index is 0.00319. The first-order chi connectivity index (χ1) is 17.9. The summed E-state index contributed by atoms with van der Waals surface area (Å²) in [4.78, 5) is 44.8. The molecule has 1 aliphatic carbocycles. The molecule has 38 heavy (non-hydrogen) atoms. The van der Waals surface area contributed by atoms with Crippen molar-refractivity contribution in [2.75, 3.05) is 13.1 Å². The number of nitrogens with zero attached hydrogens (tertiary/aromatic N) is 4. The van der Waals surface area contributed by atoms with E-state index in [-0.39, 0.29) is 48.9 Å². The van der Waals surface area contributed by atoms with Gasteiger partial charge < -0.3 is 28.6 Å². The van der Waals surface area contributed by atoms with E-state index in [1.54, 1.807) is 0 Å². The Morgan fingerprint density at radius 1 is 1.18 bits per heavy atom. The molecule has 198 valence electrons. The second-order valence-corrected chi connectivity index (χ2v) is 9.41. The summed E-state index contributed by atoms with van der Waals surface area (Å²) in [6.45, 7) is 0.977. The van der Waals surface area contributed by atoms with Crippen LogP contribution < -0.4 is 15.0 Å². The van der Waals surface area contributed by atoms with E-state index in [1.807, 2.05) is 0 Å². The van der Waals surface area contributed by atoms with Crippen molar-refractivity contribution >= 4 is 11.7 Å². The van der Waals surface area contributed by atoms with E-state index in [9.17, 15) is 37.1 Å². The molecule has 1 saturated carbocycles. The average molecular weight is 534 g/mol. The van der Waals surface area contributed by atoms with Gasteiger partial charge in [0.2, 0.25) is 0 Å². The van der Waals surface area contributed by atoms with Gasteiger partial charge in [-0.2, -0.15) is 0 Å². The summed E-state index contributed by atoms with van der Waals surface area (Å²) in [5.74, 6) is -3.56. The smallest absolute Gasteiger partial charge is 0.478 e. The van der Waals surface area contributed by atoms with Crippen molar-refractivity contribution in [1.29, 1.82) is 0 Å². The Balaban J connectivity index is 1.33. The first-order valence-corrected chi connectivity index (χ1v) is 11.4. The summed E-state index contributed by atoms with van der Waals surface area (Å²) in [5.41, 5.74) is -2.87. The molecule has 0 saturated heterocycles. The Kier molecular flexibility index (Phi) is 4.87. The van der Waals surface area contributed by atoms with Crippen molar-refractivity contribution in [1.82, 2.24) is 19.0 Å². The first kappa shape index (κ1) is 24.2. The van der Waals surface area contributed by atoms with Crippen molar-refractivity contribution < 1.29 is 41.7 Å². The predicted octanol–water partition coefficient (Wildman–Crippen LogP) is 1.69. The summed E-state index contributed by atoms with van der Waals surface area (Å²) in [7, 11) is 0. The fraction of sp³-hybridized carbons (Fsp3) is 0.333. The third-order valence-electron chi connectivity index (χ3n) is 7.36. The van der Waals surface area contributed by atoms with Crippen LogP contribution in [0.5, 0.6) is 11.5 Å². The highest BCUT2D eigenvalue weighted by molar-refractivity contribution is 6.19. The van der Waals surface area contributed by atoms with Crippen molar-refractivity contribution in [3.63, 3.8) is 0 Å². The highest BCUT2D eigenvalue weighted by atomic mass is 19.4. The van der Waals surface area contributed by atoms with Gasteiger partial charge >= 0.3 is 6.36 Å². The predicted molar refractivity (Wildman–Crippen MR) is 118 cm³/mol. The molecule has 2 atom stereocenters. The number of aliphatic hydroxyl groups excluding tert-OH is 1. The fourth-order valence-electron chi connectivity index (χ4n) is 5.40. The molecule has 0 bridgehead atoms. The maximum absolute atomic E-state index is 14.3. The molecule has 6 rings (SSSR count). The summed E-state index contributed by atoms with van der Waals surface area (Å²) in [6, 6.07) is 4.40. The van der Waals surface area contributed by atoms with Gasteiger partial charge in [0, 0.05) is 37.5 Å². The molecule has 1 fully saturated rings. The Morgan fingerprint density at radius 2 is 1.95 bits per heavy atom. The first-order valence-electron chi connectivity index (χ1n) is 11.4. The van der Waals surface area contributed by atoms with Gasteiger partial charge in [-0.05, 0) is 25.1 Å². The van der Waals surface area contributed by atoms with Crippen LogP contribution in [-0.2, 0) is 23.4 Å². The molecule has 0 radical (unpaired) electrons. The van der Waals surface area contributed by atoms with E-state index < -0.39 is 46.2 Å². The number of fused-ring (bicyclic) bond motifs is 4. The SMILES string of the molecule is C[C@]12Oc3cc(F)c(OC(F)(F)F)cc3[C@@]1(CN1CCn3c(ccc(-n4cnc(CO)c4)c3=O)C1=O)C2=O. The van der Waals surface area contributed by atoms with E-state index >= 15 is 0 Å². The lowest BCUT2D eigenvalue weighted by Gasteiger charge is -2.32. The molecule has 1 aromatic carbocycles. The number of imidazole rings is 1. The number of hydrogen-bond donors (Lipinski definition) is 1. The van der Waals surface area contributed by atoms with Crippen LogP contribution in [0, 0.1) is 5.82 Å². The number of amides is 1. The topological polar surface area (TPSA) is 116 Å². The highest BCUT2D eigenvalue weighted by Gasteiger charge is 2.82. The van der Waals surface area contributed by atoms with Crippen LogP contribution in [0.2, 0.25) is 0 Å². The molecule has 3 aliphatic rings. The number of carbonyl (C=O) groups excluding carboxylic acids is 2. The summed E-state index contributed by atoms with van der Waals surface area (Å²) < 4.78 is 64.8. The number of alkyl halides is 3. The number of ketones is 1. The van der Waals surface area contributed by atoms with Crippen LogP contribution in [0.3, 0.4) is 0 Å². The Morgan fingerprint density at radius 3 is 2.63 bits per heavy atom. The number of halogens is 4. The van der Waals surface area contributed by atoms with Crippen molar-refractivity contribution in [3.8, 4) is 17.2 Å². The molecule has 0 unspecified atom stereocenters. The van der Waals surface area contributed by atoms with Crippen LogP contribution in [-0.4, -0.2) is 60.9 Å². The summed E-state index contributed by atoms with van der Waals surface area (Å²) >= 11 is 0. The number of pyridine rings is 1. The van der Waals surface area contributed by atoms with Gasteiger partial charge in [-0.25, -0.2) is 9.37 Å². The molecular formula is C24H18F4N4O6. The van der Waals surface area contributed by atoms with E-state index in [0.29, 0.717) is 5.69 Å². The number of aliphatic hydroxyl groups is 1. The van der Waals surface area contributed by atoms with Gasteiger partial charge in [0.15, 0.2) is 23.0 Å². The lowest BCUT2D eigenvalue weighted by molar-refractivity contribution is -0.275. The molecule has 2 aliphatic heterocycles. The number of benzene rings is 1. The summed E-state index contributed by atoms with van der Waals surface area (Å²) in [5, 5.41) is 9.22. The fourth-order valence-corrected chi connectivity index (χ4v) is 5.40. The van der Waals surface area contributed by atoms with Crippen LogP contribution in [0.25, 0.3) is 5.69 Å². The third kappa shape index (κ3) is 3.22. The number of rotatable bonds is 5. The van der Waals surface area contributed by atoms with Crippen LogP contribution >= 0.6 is 0 Å². The third-order valence-corrected chi connectivity index (χ3v) is 7.36. The second kappa shape index (κ2) is 7.66. The van der Waals surface area contributed by atoms with Gasteiger partial charge in [-0.3, -0.25) is 14.4 Å². The van der Waals surface area contributed by atoms with Crippen molar-refractivity contribution in [3.05, 3.63) is 69.9 Å². The zero-order valence-electron chi connectivity index (χ0n) is 19.6. The van der Waals surface area contributed by atoms with Crippen LogP contribution in [0.1, 0.15) is 28.7 Å². The Hall–Kier alpha value is -4.20. The van der Waals surface area contributed by atoms with Crippen molar-refractivity contribution in [2.45, 2.75) is 37.5 Å². The molecule has 3 aromatic rings. The van der Waals surface area contributed by atoms with Gasteiger partial charge in [0.1, 0.15) is 22.5 Å². The largest absolute Gasteiger partial charge is 0.573 e. The number of aromatic nitrogens is 3. The lowest BCUT2D eigenvalue weighted by atomic mass is 9.91. The quantitative estimate of drug-likeness (QED) is 0.496. The maximum atomic E-state index is 14.3. The normalized spacial score (nSPS) is 23.6. The molecule has 2 aromatic heterocycles. The molecule has 0 spiro atoms. The molecule has 14 heteroatoms. The van der Waals surface area contributed by atoms with E-state index in [4.69, 9.17) is 4.74 Å². The zero-order chi connectivity index (χ0) is 27.2. The van der Waals surface area contributed by atoms with Crippen LogP contribution in [0.4, 0.5) is 17.6 Å². The minimum atomic E-state index is -5.16. The minimum Gasteiger partial charge on any atom is -0.478 e. The number of Topliss-reactive ketones (excluding diaryl/α,β-unsaturated/α-hetero) is 1. The standard InChI is InChI=1S/C24H18F4N4O6/c1-22-21(36)23(22,13-6-18(38-24(26,27)28)14(25)7-17(13)37-22)10-30-4-5-32-16(19(30)34)3-2-15(20(32)35)31-8-12(9-33)29-11-31/h2-3,6-8,11,33H,4-5,9-10H2,1H3/t22-,23+/m1/s1. The van der Waals surface area contributed by atoms with E-state index in [0.717, 1.165) is 12.1 Å². The number of carbonyl (C=O) groups is 2. The molecule has 10 nitrogen and oxygen atoms in total. The van der Waals surface area contributed by atoms with E-state index in [2.05, 4.69) is 9.72 Å². The maximum Gasteiger partial charge on any atom is 0.573 e. The second-order valence-electron chi connectivity index (χ2n) is 9.41. The van der Waals surface area contributed by atoms with Gasteiger partial charge in [0.25, 0.3) is 11.5 Å². The molecule has 1 N–H and O–H groups in total. The Labute approximate surface area is 210 Å². The molecular weight excluding hydrogens is 516 g/mol. The van der Waals surface area contributed by atoms with Crippen molar-refractivity contribution in [2.24, 2.45) is 0 Å². The monoisotopic (exact) mass is 534 g/mol. The van der Waals surface area contributed by atoms with Gasteiger partial charge in [-0.1, -0.05) is 0 Å². The average Bonchev–Trinajstić information content (AvgIpc) is 3.19. The molecule has 4 heterocycles. The Bertz CT molecular complexity index is 1600. The van der Waals surface area contributed by atoms with Gasteiger partial charge in [-0.15, -0.1) is 13.2 Å². The van der Waals surface area contributed by atoms with Gasteiger partial charge in [0.05, 0.1) is 18.6 Å². The zero-order valence-corrected chi connectivity index (χ0v) is 19.6. The number of ether oxygens (including phenoxy) is 2. The number of hydrogen-bond acceptors (Lipinski definition) is 7. The summed E-state index contributed by atoms with van der Waals surface area (Å²) in [6.07, 6.45) is -2.31. The van der Waals surface area contributed by atoms with Crippen LogP contribution in [0.15, 0.2) is 41.6 Å². The molecule has 1 amide bonds. The lowest BCUT2D eigenvalue weighted by Crippen LogP contribution is -2.48. The van der Waals surface area contributed by atoms with E-state index in [1.165, 1.54) is 45.6 Å².